The monoisotopic (exact) mass is 496 g/mol. The van der Waals surface area contributed by atoms with E-state index in [0.29, 0.717) is 47.2 Å². The van der Waals surface area contributed by atoms with Gasteiger partial charge >= 0.3 is 0 Å². The number of rotatable bonds is 9. The van der Waals surface area contributed by atoms with Gasteiger partial charge in [-0.15, -0.1) is 0 Å². The molecule has 0 bridgehead atoms. The number of nitrogens with zero attached hydrogens (tertiary/aromatic N) is 3. The number of hydrogen-bond acceptors (Lipinski definition) is 7. The van der Waals surface area contributed by atoms with E-state index in [9.17, 15) is 9.59 Å². The van der Waals surface area contributed by atoms with Crippen molar-refractivity contribution in [2.45, 2.75) is 25.8 Å². The van der Waals surface area contributed by atoms with E-state index in [-0.39, 0.29) is 17.0 Å². The first-order valence-electron chi connectivity index (χ1n) is 11.1. The first-order valence-corrected chi connectivity index (χ1v) is 11.5. The molecule has 0 aliphatic rings. The first kappa shape index (κ1) is 24.3. The van der Waals surface area contributed by atoms with E-state index in [1.54, 1.807) is 38.5 Å². The molecule has 2 heterocycles. The number of nitrogens with one attached hydrogen (secondary N) is 1. The van der Waals surface area contributed by atoms with E-state index < -0.39 is 11.6 Å². The number of methoxy groups -OCH3 is 2. The van der Waals surface area contributed by atoms with Crippen LogP contribution in [0.15, 0.2) is 58.1 Å². The lowest BCUT2D eigenvalue weighted by atomic mass is 10.1. The largest absolute Gasteiger partial charge is 0.493 e. The molecule has 4 aromatic rings. The van der Waals surface area contributed by atoms with Gasteiger partial charge in [0.2, 0.25) is 5.91 Å². The number of aromatic nitrogens is 3. The molecule has 10 heteroatoms. The van der Waals surface area contributed by atoms with Crippen LogP contribution in [0.4, 0.5) is 0 Å². The summed E-state index contributed by atoms with van der Waals surface area (Å²) in [6.07, 6.45) is 2.31. The fourth-order valence-corrected chi connectivity index (χ4v) is 4.00. The SMILES string of the molecule is CC[C@H](C(=O)NCCc1ccc(OC)c(OC)c1)n1cnc2onc(-c3ccc(Cl)cc3)c2c1=O. The van der Waals surface area contributed by atoms with Crippen LogP contribution in [-0.2, 0) is 11.2 Å². The van der Waals surface area contributed by atoms with Gasteiger partial charge < -0.3 is 19.3 Å². The van der Waals surface area contributed by atoms with Crippen molar-refractivity contribution in [3.05, 3.63) is 69.7 Å². The summed E-state index contributed by atoms with van der Waals surface area (Å²) in [5, 5.41) is 7.72. The smallest absolute Gasteiger partial charge is 0.267 e. The number of carbonyl (C=O) groups excluding carboxylic acids is 1. The van der Waals surface area contributed by atoms with Crippen LogP contribution in [0.3, 0.4) is 0 Å². The molecule has 0 unspecified atom stereocenters. The molecule has 0 spiro atoms. The molecule has 1 N–H and O–H groups in total. The number of benzene rings is 2. The molecule has 182 valence electrons. The number of hydrogen-bond donors (Lipinski definition) is 1. The molecule has 35 heavy (non-hydrogen) atoms. The minimum absolute atomic E-state index is 0.111. The number of fused-ring (bicyclic) bond motifs is 1. The van der Waals surface area contributed by atoms with Crippen LogP contribution in [0.2, 0.25) is 5.02 Å². The van der Waals surface area contributed by atoms with Crippen molar-refractivity contribution in [3.63, 3.8) is 0 Å². The Hall–Kier alpha value is -3.85. The van der Waals surface area contributed by atoms with Gasteiger partial charge in [0.05, 0.1) is 14.2 Å². The molecule has 2 aromatic carbocycles. The maximum Gasteiger partial charge on any atom is 0.267 e. The van der Waals surface area contributed by atoms with Gasteiger partial charge in [0.15, 0.2) is 11.5 Å². The Kier molecular flexibility index (Phi) is 7.36. The molecule has 0 aliphatic carbocycles. The van der Waals surface area contributed by atoms with Gasteiger partial charge in [-0.05, 0) is 42.7 Å². The van der Waals surface area contributed by atoms with Gasteiger partial charge in [0, 0.05) is 17.1 Å². The average molecular weight is 497 g/mol. The molecule has 0 aliphatic heterocycles. The molecule has 0 saturated heterocycles. The Balaban J connectivity index is 1.53. The second-order valence-electron chi connectivity index (χ2n) is 7.83. The lowest BCUT2D eigenvalue weighted by molar-refractivity contribution is -0.124. The average Bonchev–Trinajstić information content (AvgIpc) is 3.31. The van der Waals surface area contributed by atoms with Gasteiger partial charge in [-0.3, -0.25) is 14.2 Å². The summed E-state index contributed by atoms with van der Waals surface area (Å²) in [4.78, 5) is 30.6. The van der Waals surface area contributed by atoms with E-state index in [2.05, 4.69) is 15.5 Å². The molecule has 1 atom stereocenters. The second kappa shape index (κ2) is 10.6. The summed E-state index contributed by atoms with van der Waals surface area (Å²) in [5.41, 5.74) is 1.71. The van der Waals surface area contributed by atoms with Gasteiger partial charge in [-0.25, -0.2) is 4.98 Å². The first-order chi connectivity index (χ1) is 17.0. The Labute approximate surface area is 206 Å². The maximum absolute atomic E-state index is 13.4. The lowest BCUT2D eigenvalue weighted by Crippen LogP contribution is -2.38. The summed E-state index contributed by atoms with van der Waals surface area (Å²) in [6, 6.07) is 11.8. The van der Waals surface area contributed by atoms with Crippen LogP contribution in [0.25, 0.3) is 22.4 Å². The third-order valence-electron chi connectivity index (χ3n) is 5.73. The molecular formula is C25H25ClN4O5. The van der Waals surface area contributed by atoms with Crippen molar-refractivity contribution in [1.82, 2.24) is 20.0 Å². The van der Waals surface area contributed by atoms with Crippen LogP contribution in [0.5, 0.6) is 11.5 Å². The maximum atomic E-state index is 13.4. The third-order valence-corrected chi connectivity index (χ3v) is 5.98. The molecule has 0 saturated carbocycles. The fraction of sp³-hybridized carbons (Fsp3) is 0.280. The number of amides is 1. The molecule has 0 fully saturated rings. The van der Waals surface area contributed by atoms with Crippen molar-refractivity contribution < 1.29 is 18.8 Å². The summed E-state index contributed by atoms with van der Waals surface area (Å²) in [6.45, 7) is 2.22. The van der Waals surface area contributed by atoms with Crippen LogP contribution in [-0.4, -0.2) is 41.4 Å². The highest BCUT2D eigenvalue weighted by atomic mass is 35.5. The third kappa shape index (κ3) is 5.00. The highest BCUT2D eigenvalue weighted by molar-refractivity contribution is 6.30. The predicted molar refractivity (Wildman–Crippen MR) is 132 cm³/mol. The van der Waals surface area contributed by atoms with Crippen LogP contribution >= 0.6 is 11.6 Å². The molecule has 1 amide bonds. The number of carbonyl (C=O) groups is 1. The topological polar surface area (TPSA) is 108 Å². The van der Waals surface area contributed by atoms with Crippen LogP contribution in [0.1, 0.15) is 24.9 Å². The van der Waals surface area contributed by atoms with Crippen LogP contribution < -0.4 is 20.3 Å². The lowest BCUT2D eigenvalue weighted by Gasteiger charge is -2.17. The molecule has 2 aromatic heterocycles. The van der Waals surface area contributed by atoms with E-state index in [4.69, 9.17) is 25.6 Å². The van der Waals surface area contributed by atoms with Crippen molar-refractivity contribution in [1.29, 1.82) is 0 Å². The highest BCUT2D eigenvalue weighted by Gasteiger charge is 2.24. The number of ether oxygens (including phenoxy) is 2. The molecule has 0 radical (unpaired) electrons. The molecule has 9 nitrogen and oxygen atoms in total. The Morgan fingerprint density at radius 3 is 2.57 bits per heavy atom. The predicted octanol–water partition coefficient (Wildman–Crippen LogP) is 4.03. The van der Waals surface area contributed by atoms with Crippen molar-refractivity contribution in [3.8, 4) is 22.8 Å². The van der Waals surface area contributed by atoms with E-state index in [0.717, 1.165) is 5.56 Å². The minimum Gasteiger partial charge on any atom is -0.493 e. The molecular weight excluding hydrogens is 472 g/mol. The van der Waals surface area contributed by atoms with E-state index in [1.165, 1.54) is 10.9 Å². The minimum atomic E-state index is -0.738. The standard InChI is InChI=1S/C25H25ClN4O5/c1-4-18(23(31)27-12-11-15-5-10-19(33-2)20(13-15)34-3)30-14-28-24-21(25(30)32)22(29-35-24)16-6-8-17(26)9-7-16/h5-10,13-14,18H,4,11-12H2,1-3H3,(H,27,31)/t18-/m1/s1. The van der Waals surface area contributed by atoms with E-state index >= 15 is 0 Å². The highest BCUT2D eigenvalue weighted by Crippen LogP contribution is 2.28. The van der Waals surface area contributed by atoms with E-state index in [1.807, 2.05) is 25.1 Å². The van der Waals surface area contributed by atoms with Gasteiger partial charge in [0.25, 0.3) is 11.3 Å². The summed E-state index contributed by atoms with van der Waals surface area (Å²) < 4.78 is 17.2. The summed E-state index contributed by atoms with van der Waals surface area (Å²) in [7, 11) is 3.15. The van der Waals surface area contributed by atoms with Gasteiger partial charge in [-0.2, -0.15) is 0 Å². The Bertz CT molecular complexity index is 1400. The Morgan fingerprint density at radius 2 is 1.89 bits per heavy atom. The summed E-state index contributed by atoms with van der Waals surface area (Å²) >= 11 is 5.97. The van der Waals surface area contributed by atoms with Crippen molar-refractivity contribution >= 4 is 28.6 Å². The van der Waals surface area contributed by atoms with Gasteiger partial charge in [0.1, 0.15) is 23.4 Å². The van der Waals surface area contributed by atoms with Crippen molar-refractivity contribution in [2.75, 3.05) is 20.8 Å². The second-order valence-corrected chi connectivity index (χ2v) is 8.27. The van der Waals surface area contributed by atoms with Crippen molar-refractivity contribution in [2.24, 2.45) is 0 Å². The number of halogens is 1. The quantitative estimate of drug-likeness (QED) is 0.372. The zero-order valence-corrected chi connectivity index (χ0v) is 20.3. The zero-order chi connectivity index (χ0) is 24.9. The Morgan fingerprint density at radius 1 is 1.14 bits per heavy atom. The normalized spacial score (nSPS) is 11.9. The fourth-order valence-electron chi connectivity index (χ4n) is 3.88. The van der Waals surface area contributed by atoms with Crippen LogP contribution in [0, 0.1) is 0 Å². The zero-order valence-electron chi connectivity index (χ0n) is 19.6. The summed E-state index contributed by atoms with van der Waals surface area (Å²) in [5.74, 6) is 0.986. The molecule has 4 rings (SSSR count). The van der Waals surface area contributed by atoms with Gasteiger partial charge in [-0.1, -0.05) is 41.9 Å².